The molecule has 0 atom stereocenters. The third kappa shape index (κ3) is 8.29. The number of piperidine rings is 1. The maximum atomic E-state index is 14.0. The molecular weight excluding hydrogens is 435 g/mol. The number of hydrogen-bond donors (Lipinski definition) is 3. The van der Waals surface area contributed by atoms with Crippen LogP contribution in [0.25, 0.3) is 11.3 Å². The van der Waals surface area contributed by atoms with E-state index in [1.165, 1.54) is 44.7 Å². The first-order valence-electron chi connectivity index (χ1n) is 10.8. The first-order valence-corrected chi connectivity index (χ1v) is 11.2. The minimum Gasteiger partial charge on any atom is -0.381 e. The van der Waals surface area contributed by atoms with Crippen molar-refractivity contribution >= 4 is 30.0 Å². The number of ether oxygens (including phenoxy) is 1. The van der Waals surface area contributed by atoms with Crippen molar-refractivity contribution in [2.75, 3.05) is 50.5 Å². The van der Waals surface area contributed by atoms with Crippen LogP contribution in [-0.2, 0) is 9.53 Å². The molecule has 8 nitrogen and oxygen atoms in total. The van der Waals surface area contributed by atoms with Crippen molar-refractivity contribution in [2.24, 2.45) is 5.92 Å². The number of carbonyl (C=O) groups excluding carboxylic acids is 1. The predicted octanol–water partition coefficient (Wildman–Crippen LogP) is 3.79. The second kappa shape index (κ2) is 14.7. The third-order valence-corrected chi connectivity index (χ3v) is 5.52. The van der Waals surface area contributed by atoms with Crippen molar-refractivity contribution in [1.82, 2.24) is 20.3 Å². The van der Waals surface area contributed by atoms with E-state index in [0.29, 0.717) is 34.6 Å². The van der Waals surface area contributed by atoms with Crippen LogP contribution in [0.3, 0.4) is 0 Å². The average molecular weight is 467 g/mol. The molecule has 0 bridgehead atoms. The van der Waals surface area contributed by atoms with E-state index in [-0.39, 0.29) is 5.82 Å². The van der Waals surface area contributed by atoms with Crippen molar-refractivity contribution in [3.8, 4) is 11.3 Å². The number of anilines is 2. The molecule has 2 saturated heterocycles. The number of aromatic nitrogens is 3. The quantitative estimate of drug-likeness (QED) is 0.612. The van der Waals surface area contributed by atoms with Crippen molar-refractivity contribution in [2.45, 2.75) is 32.1 Å². The number of nitrogens with zero attached hydrogens (tertiary/aromatic N) is 3. The van der Waals surface area contributed by atoms with Crippen LogP contribution in [0, 0.1) is 11.9 Å². The molecule has 10 heteroatoms. The molecule has 0 aliphatic carbocycles. The smallest absolute Gasteiger partial charge is 0.255 e. The van der Waals surface area contributed by atoms with Gasteiger partial charge in [-0.05, 0) is 50.8 Å². The number of hydrogen-bond acceptors (Lipinski definition) is 8. The van der Waals surface area contributed by atoms with Crippen molar-refractivity contribution in [1.29, 1.82) is 0 Å². The van der Waals surface area contributed by atoms with Gasteiger partial charge < -0.3 is 25.5 Å². The Labute approximate surface area is 193 Å². The molecule has 176 valence electrons. The summed E-state index contributed by atoms with van der Waals surface area (Å²) < 4.78 is 19.3. The average Bonchev–Trinajstić information content (AvgIpc) is 2.87. The van der Waals surface area contributed by atoms with Crippen LogP contribution >= 0.6 is 11.6 Å². The van der Waals surface area contributed by atoms with Crippen LogP contribution in [0.15, 0.2) is 18.5 Å². The van der Waals surface area contributed by atoms with E-state index >= 15 is 0 Å². The third-order valence-electron chi connectivity index (χ3n) is 5.22. The molecule has 4 rings (SSSR count). The van der Waals surface area contributed by atoms with Gasteiger partial charge in [-0.15, -0.1) is 0 Å². The monoisotopic (exact) mass is 466 g/mol. The molecule has 0 amide bonds. The van der Waals surface area contributed by atoms with Gasteiger partial charge in [-0.2, -0.15) is 4.39 Å². The predicted molar refractivity (Wildman–Crippen MR) is 126 cm³/mol. The minimum atomic E-state index is -0.621. The molecule has 0 saturated carbocycles. The normalized spacial score (nSPS) is 16.1. The molecular formula is C22H32ClFN6O2. The summed E-state index contributed by atoms with van der Waals surface area (Å²) in [6.45, 7) is 6.64. The number of rotatable bonds is 5. The Bertz CT molecular complexity index is 807. The van der Waals surface area contributed by atoms with E-state index in [2.05, 4.69) is 30.9 Å². The highest BCUT2D eigenvalue weighted by atomic mass is 35.5. The number of halogens is 2. The van der Waals surface area contributed by atoms with E-state index < -0.39 is 5.95 Å². The Hall–Kier alpha value is -2.36. The summed E-state index contributed by atoms with van der Waals surface area (Å²) in [5.41, 5.74) is 1.15. The lowest BCUT2D eigenvalue weighted by Crippen LogP contribution is -2.23. The Kier molecular flexibility index (Phi) is 11.9. The Morgan fingerprint density at radius 3 is 2.50 bits per heavy atom. The van der Waals surface area contributed by atoms with E-state index in [1.807, 2.05) is 6.79 Å². The molecule has 0 unspecified atom stereocenters. The van der Waals surface area contributed by atoms with Gasteiger partial charge in [0.05, 0.1) is 16.9 Å². The first kappa shape index (κ1) is 25.9. The molecule has 2 aliphatic heterocycles. The van der Waals surface area contributed by atoms with Gasteiger partial charge in [0, 0.05) is 38.6 Å². The zero-order valence-electron chi connectivity index (χ0n) is 18.5. The Morgan fingerprint density at radius 1 is 1.19 bits per heavy atom. The molecule has 2 aliphatic rings. The highest BCUT2D eigenvalue weighted by molar-refractivity contribution is 6.33. The Balaban J connectivity index is 0.000000387. The summed E-state index contributed by atoms with van der Waals surface area (Å²) in [7, 11) is 1.76. The van der Waals surface area contributed by atoms with Gasteiger partial charge in [-0.1, -0.05) is 18.0 Å². The fourth-order valence-electron chi connectivity index (χ4n) is 3.38. The van der Waals surface area contributed by atoms with E-state index in [1.54, 1.807) is 13.1 Å². The van der Waals surface area contributed by atoms with Crippen LogP contribution in [0.2, 0.25) is 5.02 Å². The van der Waals surface area contributed by atoms with Gasteiger partial charge in [0.2, 0.25) is 0 Å². The van der Waals surface area contributed by atoms with Gasteiger partial charge in [0.15, 0.2) is 5.82 Å². The molecule has 32 heavy (non-hydrogen) atoms. The van der Waals surface area contributed by atoms with Crippen molar-refractivity contribution < 1.29 is 13.9 Å². The van der Waals surface area contributed by atoms with Crippen LogP contribution in [0.5, 0.6) is 0 Å². The molecule has 3 N–H and O–H groups in total. The zero-order chi connectivity index (χ0) is 23.2. The number of carbonyl (C=O) groups is 1. The van der Waals surface area contributed by atoms with E-state index in [4.69, 9.17) is 21.1 Å². The first-order chi connectivity index (χ1) is 15.7. The van der Waals surface area contributed by atoms with E-state index in [0.717, 1.165) is 26.1 Å². The fraction of sp³-hybridized carbons (Fsp3) is 0.545. The highest BCUT2D eigenvalue weighted by Crippen LogP contribution is 2.28. The van der Waals surface area contributed by atoms with Crippen molar-refractivity contribution in [3.05, 3.63) is 29.4 Å². The maximum absolute atomic E-state index is 14.0. The van der Waals surface area contributed by atoms with Gasteiger partial charge in [-0.25, -0.2) is 15.0 Å². The summed E-state index contributed by atoms with van der Waals surface area (Å²) >= 11 is 6.19. The lowest BCUT2D eigenvalue weighted by Gasteiger charge is -2.22. The largest absolute Gasteiger partial charge is 0.381 e. The number of pyridine rings is 1. The highest BCUT2D eigenvalue weighted by Gasteiger charge is 2.16. The maximum Gasteiger partial charge on any atom is 0.255 e. The summed E-state index contributed by atoms with van der Waals surface area (Å²) in [6.07, 6.45) is 9.04. The lowest BCUT2D eigenvalue weighted by atomic mass is 10.0. The van der Waals surface area contributed by atoms with Crippen LogP contribution in [-0.4, -0.2) is 61.6 Å². The molecule has 2 fully saturated rings. The second-order valence-electron chi connectivity index (χ2n) is 7.44. The molecule has 2 aromatic rings. The van der Waals surface area contributed by atoms with Gasteiger partial charge in [0.1, 0.15) is 12.6 Å². The summed E-state index contributed by atoms with van der Waals surface area (Å²) in [6, 6.07) is 1.76. The molecule has 2 aromatic heterocycles. The van der Waals surface area contributed by atoms with Gasteiger partial charge in [0.25, 0.3) is 5.95 Å². The zero-order valence-corrected chi connectivity index (χ0v) is 19.3. The SMILES string of the molecule is C1CCNCC1.C=O.CNc1cc(-c2cnc(F)c(NCC3CCOCC3)n2)c(Cl)cn1. The summed E-state index contributed by atoms with van der Waals surface area (Å²) in [5.74, 6) is 0.615. The second-order valence-corrected chi connectivity index (χ2v) is 7.85. The van der Waals surface area contributed by atoms with E-state index in [9.17, 15) is 4.39 Å². The topological polar surface area (TPSA) is 101 Å². The lowest BCUT2D eigenvalue weighted by molar-refractivity contribution is -0.0979. The van der Waals surface area contributed by atoms with Gasteiger partial charge in [-0.3, -0.25) is 0 Å². The summed E-state index contributed by atoms with van der Waals surface area (Å²) in [4.78, 5) is 20.3. The Morgan fingerprint density at radius 2 is 1.91 bits per heavy atom. The van der Waals surface area contributed by atoms with Crippen LogP contribution in [0.1, 0.15) is 32.1 Å². The molecule has 0 spiro atoms. The molecule has 4 heterocycles. The summed E-state index contributed by atoms with van der Waals surface area (Å²) in [5, 5.41) is 9.72. The minimum absolute atomic E-state index is 0.137. The molecule has 0 radical (unpaired) electrons. The van der Waals surface area contributed by atoms with Crippen molar-refractivity contribution in [3.63, 3.8) is 0 Å². The fourth-order valence-corrected chi connectivity index (χ4v) is 3.58. The van der Waals surface area contributed by atoms with Crippen LogP contribution < -0.4 is 16.0 Å². The standard InChI is InChI=1S/C16H19ClFN5O.C5H11N.CH2O/c1-19-14-6-11(12(17)8-20-14)13-9-21-15(18)16(23-13)22-7-10-2-4-24-5-3-10;1-2-4-6-5-3-1;1-2/h6,8-10H,2-5,7H2,1H3,(H,19,20)(H,22,23);6H,1-5H2;1H2. The molecule has 0 aromatic carbocycles. The van der Waals surface area contributed by atoms with Crippen LogP contribution in [0.4, 0.5) is 16.0 Å². The number of nitrogens with one attached hydrogen (secondary N) is 3. The van der Waals surface area contributed by atoms with Gasteiger partial charge >= 0.3 is 0 Å².